The minimum Gasteiger partial charge on any atom is -0.130 e. The second-order valence-corrected chi connectivity index (χ2v) is 6.26. The van der Waals surface area contributed by atoms with Gasteiger partial charge in [0.05, 0.1) is 0 Å². The Bertz CT molecular complexity index is 268. The lowest BCUT2D eigenvalue weighted by Crippen LogP contribution is -2.42. The minimum absolute atomic E-state index is 0.106. The van der Waals surface area contributed by atoms with E-state index in [1.165, 1.54) is 12.8 Å². The molecule has 0 saturated carbocycles. The van der Waals surface area contributed by atoms with Crippen molar-refractivity contribution in [2.24, 2.45) is 5.41 Å². The van der Waals surface area contributed by atoms with Crippen LogP contribution in [-0.4, -0.2) is 5.16 Å². The summed E-state index contributed by atoms with van der Waals surface area (Å²) in [5, 5.41) is 0.106. The smallest absolute Gasteiger partial charge is 0.00197 e. The molecule has 0 nitrogen and oxygen atoms in total. The Morgan fingerprint density at radius 1 is 0.833 bits per heavy atom. The second kappa shape index (κ2) is 8.48. The average molecular weight is 264 g/mol. The molecule has 0 amide bonds. The summed E-state index contributed by atoms with van der Waals surface area (Å²) in [5.74, 6) is 0. The normalized spacial score (nSPS) is 11.9. The Hall–Kier alpha value is -0.610. The van der Waals surface area contributed by atoms with Crippen LogP contribution in [0.1, 0.15) is 45.4 Å². The highest BCUT2D eigenvalue weighted by molar-refractivity contribution is 7.19. The lowest BCUT2D eigenvalue weighted by Gasteiger charge is -2.48. The first-order valence-corrected chi connectivity index (χ1v) is 7.36. The molecule has 0 spiro atoms. The zero-order chi connectivity index (χ0) is 14.1. The molecule has 0 radical (unpaired) electrons. The molecule has 0 N–H and O–H groups in total. The van der Waals surface area contributed by atoms with Crippen LogP contribution in [0.25, 0.3) is 0 Å². The first-order valence-electron chi connectivity index (χ1n) is 6.78. The van der Waals surface area contributed by atoms with Crippen molar-refractivity contribution in [3.05, 3.63) is 50.6 Å². The molecule has 0 aliphatic rings. The highest BCUT2D eigenvalue weighted by Crippen LogP contribution is 2.53. The predicted molar refractivity (Wildman–Crippen MR) is 89.0 cm³/mol. The molecule has 102 valence electrons. The van der Waals surface area contributed by atoms with Gasteiger partial charge in [-0.05, 0) is 42.7 Å². The SMILES string of the molecule is C=CCC(P)(CC=C)C(CC=C)(CC=C)CCC. The maximum Gasteiger partial charge on any atom is -0.00197 e. The van der Waals surface area contributed by atoms with Crippen molar-refractivity contribution in [3.63, 3.8) is 0 Å². The molecule has 0 heterocycles. The number of rotatable bonds is 11. The van der Waals surface area contributed by atoms with E-state index in [1.807, 2.05) is 24.3 Å². The fraction of sp³-hybridized carbons (Fsp3) is 0.529. The zero-order valence-corrected chi connectivity index (χ0v) is 13.1. The van der Waals surface area contributed by atoms with Gasteiger partial charge in [0.25, 0.3) is 0 Å². The molecule has 1 atom stereocenters. The van der Waals surface area contributed by atoms with E-state index < -0.39 is 0 Å². The number of allylic oxidation sites excluding steroid dienone is 4. The van der Waals surface area contributed by atoms with Crippen molar-refractivity contribution in [2.45, 2.75) is 50.6 Å². The van der Waals surface area contributed by atoms with E-state index in [9.17, 15) is 0 Å². The molecule has 1 heteroatoms. The van der Waals surface area contributed by atoms with Crippen LogP contribution in [0.3, 0.4) is 0 Å². The summed E-state index contributed by atoms with van der Waals surface area (Å²) in [7, 11) is 3.09. The maximum absolute atomic E-state index is 3.95. The summed E-state index contributed by atoms with van der Waals surface area (Å²) in [5.41, 5.74) is 0.193. The Morgan fingerprint density at radius 2 is 1.22 bits per heavy atom. The fourth-order valence-electron chi connectivity index (χ4n) is 3.01. The van der Waals surface area contributed by atoms with Crippen molar-refractivity contribution in [1.29, 1.82) is 0 Å². The standard InChI is InChI=1S/C17H29P/c1-6-11-16(12-7-2,13-8-3)17(18,14-9-4)15-10-5/h6-7,9-10H,1-2,4-5,8,11-15,18H2,3H3. The Balaban J connectivity index is 5.53. The largest absolute Gasteiger partial charge is 0.130 e. The quantitative estimate of drug-likeness (QED) is 0.332. The van der Waals surface area contributed by atoms with Gasteiger partial charge in [-0.15, -0.1) is 35.6 Å². The van der Waals surface area contributed by atoms with Gasteiger partial charge >= 0.3 is 0 Å². The Labute approximate surface area is 116 Å². The van der Waals surface area contributed by atoms with Crippen molar-refractivity contribution in [2.75, 3.05) is 0 Å². The van der Waals surface area contributed by atoms with Gasteiger partial charge in [-0.2, -0.15) is 0 Å². The minimum atomic E-state index is 0.106. The highest BCUT2D eigenvalue weighted by atomic mass is 31.0. The van der Waals surface area contributed by atoms with Gasteiger partial charge in [0.15, 0.2) is 0 Å². The maximum atomic E-state index is 3.95. The Morgan fingerprint density at radius 3 is 1.50 bits per heavy atom. The van der Waals surface area contributed by atoms with Crippen molar-refractivity contribution in [1.82, 2.24) is 0 Å². The van der Waals surface area contributed by atoms with Gasteiger partial charge in [0, 0.05) is 0 Å². The van der Waals surface area contributed by atoms with Crippen LogP contribution in [0.4, 0.5) is 0 Å². The van der Waals surface area contributed by atoms with E-state index in [2.05, 4.69) is 42.5 Å². The third kappa shape index (κ3) is 3.95. The summed E-state index contributed by atoms with van der Waals surface area (Å²) < 4.78 is 0. The first-order chi connectivity index (χ1) is 8.55. The van der Waals surface area contributed by atoms with Gasteiger partial charge in [-0.25, -0.2) is 0 Å². The fourth-order valence-corrected chi connectivity index (χ4v) is 3.72. The van der Waals surface area contributed by atoms with Gasteiger partial charge in [0.1, 0.15) is 0 Å². The third-order valence-electron chi connectivity index (χ3n) is 3.87. The molecule has 0 aromatic heterocycles. The third-order valence-corrected chi connectivity index (χ3v) is 4.96. The van der Waals surface area contributed by atoms with E-state index in [4.69, 9.17) is 0 Å². The highest BCUT2D eigenvalue weighted by Gasteiger charge is 2.44. The van der Waals surface area contributed by atoms with Gasteiger partial charge in [-0.1, -0.05) is 37.6 Å². The van der Waals surface area contributed by atoms with Gasteiger partial charge < -0.3 is 0 Å². The molecule has 0 rings (SSSR count). The van der Waals surface area contributed by atoms with Gasteiger partial charge in [-0.3, -0.25) is 0 Å². The van der Waals surface area contributed by atoms with E-state index in [0.717, 1.165) is 25.7 Å². The van der Waals surface area contributed by atoms with Gasteiger partial charge in [0.2, 0.25) is 0 Å². The molecule has 0 bridgehead atoms. The molecule has 0 aliphatic carbocycles. The molecular formula is C17H29P. The number of hydrogen-bond acceptors (Lipinski definition) is 0. The molecule has 0 aromatic rings. The van der Waals surface area contributed by atoms with Crippen molar-refractivity contribution >= 4 is 9.24 Å². The zero-order valence-electron chi connectivity index (χ0n) is 12.0. The molecule has 0 saturated heterocycles. The van der Waals surface area contributed by atoms with Crippen LogP contribution in [0.5, 0.6) is 0 Å². The van der Waals surface area contributed by atoms with Crippen LogP contribution in [0.15, 0.2) is 50.6 Å². The van der Waals surface area contributed by atoms with E-state index >= 15 is 0 Å². The molecular weight excluding hydrogens is 235 g/mol. The molecule has 18 heavy (non-hydrogen) atoms. The summed E-state index contributed by atoms with van der Waals surface area (Å²) >= 11 is 0. The molecule has 0 fully saturated rings. The van der Waals surface area contributed by atoms with Crippen molar-refractivity contribution < 1.29 is 0 Å². The van der Waals surface area contributed by atoms with Crippen LogP contribution in [-0.2, 0) is 0 Å². The number of hydrogen-bond donors (Lipinski definition) is 0. The lowest BCUT2D eigenvalue weighted by molar-refractivity contribution is 0.178. The van der Waals surface area contributed by atoms with Crippen LogP contribution < -0.4 is 0 Å². The summed E-state index contributed by atoms with van der Waals surface area (Å²) in [6.07, 6.45) is 14.5. The summed E-state index contributed by atoms with van der Waals surface area (Å²) in [6.45, 7) is 18.0. The van der Waals surface area contributed by atoms with Crippen LogP contribution >= 0.6 is 9.24 Å². The average Bonchev–Trinajstić information content (AvgIpc) is 2.30. The molecule has 0 aliphatic heterocycles. The Kier molecular flexibility index (Phi) is 8.20. The van der Waals surface area contributed by atoms with E-state index in [-0.39, 0.29) is 10.6 Å². The lowest BCUT2D eigenvalue weighted by atomic mass is 9.64. The topological polar surface area (TPSA) is 0 Å². The molecule has 0 aromatic carbocycles. The van der Waals surface area contributed by atoms with Crippen LogP contribution in [0, 0.1) is 5.41 Å². The van der Waals surface area contributed by atoms with Crippen LogP contribution in [0.2, 0.25) is 0 Å². The van der Waals surface area contributed by atoms with E-state index in [1.54, 1.807) is 0 Å². The predicted octanol–water partition coefficient (Wildman–Crippen LogP) is 5.69. The first kappa shape index (κ1) is 17.4. The monoisotopic (exact) mass is 264 g/mol. The molecule has 1 unspecified atom stereocenters. The second-order valence-electron chi connectivity index (χ2n) is 5.16. The van der Waals surface area contributed by atoms with Crippen molar-refractivity contribution in [3.8, 4) is 0 Å². The summed E-state index contributed by atoms with van der Waals surface area (Å²) in [6, 6.07) is 0. The summed E-state index contributed by atoms with van der Waals surface area (Å²) in [4.78, 5) is 0. The van der Waals surface area contributed by atoms with E-state index in [0.29, 0.717) is 0 Å².